The lowest BCUT2D eigenvalue weighted by Gasteiger charge is -2.17. The van der Waals surface area contributed by atoms with E-state index in [1.165, 1.54) is 15.9 Å². The second-order valence-corrected chi connectivity index (χ2v) is 6.48. The van der Waals surface area contributed by atoms with E-state index < -0.39 is 5.92 Å². The number of amidine groups is 1. The van der Waals surface area contributed by atoms with Crippen molar-refractivity contribution in [2.45, 2.75) is 13.8 Å². The number of aryl methyl sites for hydroxylation is 1. The van der Waals surface area contributed by atoms with E-state index in [2.05, 4.69) is 25.5 Å². The molecule has 2 aliphatic heterocycles. The van der Waals surface area contributed by atoms with Crippen LogP contribution in [0.25, 0.3) is 0 Å². The number of anilines is 1. The predicted octanol–water partition coefficient (Wildman–Crippen LogP) is 1.53. The minimum atomic E-state index is -0.581. The summed E-state index contributed by atoms with van der Waals surface area (Å²) in [4.78, 5) is 33.4. The lowest BCUT2D eigenvalue weighted by Crippen LogP contribution is -2.35. The molecule has 3 heterocycles. The molecule has 10 heteroatoms. The van der Waals surface area contributed by atoms with E-state index in [1.807, 2.05) is 6.92 Å². The first-order valence-electron chi connectivity index (χ1n) is 9.06. The molecular weight excluding hydrogens is 374 g/mol. The third-order valence-electron chi connectivity index (χ3n) is 4.38. The van der Waals surface area contributed by atoms with Gasteiger partial charge in [-0.05, 0) is 38.1 Å². The quantitative estimate of drug-likeness (QED) is 0.846. The Bertz CT molecular complexity index is 1070. The maximum Gasteiger partial charge on any atom is 0.265 e. The van der Waals surface area contributed by atoms with Gasteiger partial charge in [-0.3, -0.25) is 14.6 Å². The molecule has 1 aromatic carbocycles. The summed E-state index contributed by atoms with van der Waals surface area (Å²) >= 11 is 0. The Morgan fingerprint density at radius 1 is 1.24 bits per heavy atom. The summed E-state index contributed by atoms with van der Waals surface area (Å²) in [5.41, 5.74) is 1.09. The SMILES string of the molecule is CCOc1ccc(C(=O)Nc2cc(C)nn2C2=NC(=O)C3C=NN(C)C3=N2)cc1. The highest BCUT2D eigenvalue weighted by Crippen LogP contribution is 2.20. The second-order valence-electron chi connectivity index (χ2n) is 6.48. The molecule has 2 amide bonds. The fraction of sp³-hybridized carbons (Fsp3) is 0.263. The number of hydrogen-bond acceptors (Lipinski definition) is 7. The van der Waals surface area contributed by atoms with Crippen LogP contribution in [0.2, 0.25) is 0 Å². The van der Waals surface area contributed by atoms with Crippen LogP contribution in [0.3, 0.4) is 0 Å². The zero-order chi connectivity index (χ0) is 20.5. The average molecular weight is 393 g/mol. The topological polar surface area (TPSA) is 114 Å². The molecule has 0 saturated carbocycles. The smallest absolute Gasteiger partial charge is 0.265 e. The fourth-order valence-corrected chi connectivity index (χ4v) is 3.00. The number of aromatic nitrogens is 2. The number of carbonyl (C=O) groups is 2. The summed E-state index contributed by atoms with van der Waals surface area (Å²) in [6.45, 7) is 4.22. The number of rotatable bonds is 4. The summed E-state index contributed by atoms with van der Waals surface area (Å²) < 4.78 is 6.73. The summed E-state index contributed by atoms with van der Waals surface area (Å²) in [5.74, 6) is 0.303. The third-order valence-corrected chi connectivity index (χ3v) is 4.38. The molecule has 2 aromatic rings. The Kier molecular flexibility index (Phi) is 4.67. The maximum atomic E-state index is 12.7. The Morgan fingerprint density at radius 2 is 2.00 bits per heavy atom. The number of benzene rings is 1. The van der Waals surface area contributed by atoms with Crippen molar-refractivity contribution >= 4 is 35.6 Å². The Hall–Kier alpha value is -3.82. The van der Waals surface area contributed by atoms with Gasteiger partial charge in [0.15, 0.2) is 0 Å². The van der Waals surface area contributed by atoms with E-state index in [0.29, 0.717) is 35.3 Å². The van der Waals surface area contributed by atoms with E-state index in [0.717, 1.165) is 0 Å². The van der Waals surface area contributed by atoms with Crippen molar-refractivity contribution in [2.24, 2.45) is 21.0 Å². The van der Waals surface area contributed by atoms with Crippen LogP contribution < -0.4 is 10.1 Å². The third kappa shape index (κ3) is 3.51. The molecule has 1 aromatic heterocycles. The first-order chi connectivity index (χ1) is 14.0. The van der Waals surface area contributed by atoms with Crippen molar-refractivity contribution < 1.29 is 14.3 Å². The zero-order valence-corrected chi connectivity index (χ0v) is 16.2. The van der Waals surface area contributed by atoms with Crippen molar-refractivity contribution in [3.05, 3.63) is 41.6 Å². The molecule has 0 saturated heterocycles. The van der Waals surface area contributed by atoms with Gasteiger partial charge in [0.1, 0.15) is 23.3 Å². The monoisotopic (exact) mass is 393 g/mol. The number of hydrazone groups is 1. The van der Waals surface area contributed by atoms with Crippen molar-refractivity contribution in [1.29, 1.82) is 0 Å². The van der Waals surface area contributed by atoms with Crippen molar-refractivity contribution in [1.82, 2.24) is 14.8 Å². The summed E-state index contributed by atoms with van der Waals surface area (Å²) in [5, 5.41) is 12.7. The Labute approximate surface area is 166 Å². The van der Waals surface area contributed by atoms with Gasteiger partial charge < -0.3 is 10.1 Å². The number of fused-ring (bicyclic) bond motifs is 1. The van der Waals surface area contributed by atoms with Gasteiger partial charge in [0, 0.05) is 24.9 Å². The Balaban J connectivity index is 1.60. The molecule has 0 bridgehead atoms. The Morgan fingerprint density at radius 3 is 2.72 bits per heavy atom. The fourth-order valence-electron chi connectivity index (χ4n) is 3.00. The highest BCUT2D eigenvalue weighted by Gasteiger charge is 2.35. The number of carbonyl (C=O) groups excluding carboxylic acids is 2. The van der Waals surface area contributed by atoms with E-state index >= 15 is 0 Å². The number of ether oxygens (including phenoxy) is 1. The van der Waals surface area contributed by atoms with Crippen LogP contribution in [0.4, 0.5) is 5.82 Å². The molecule has 0 aliphatic carbocycles. The molecule has 0 fully saturated rings. The van der Waals surface area contributed by atoms with Crippen LogP contribution in [-0.4, -0.2) is 58.3 Å². The second kappa shape index (κ2) is 7.30. The van der Waals surface area contributed by atoms with Crippen molar-refractivity contribution in [2.75, 3.05) is 19.0 Å². The molecule has 148 valence electrons. The van der Waals surface area contributed by atoms with Gasteiger partial charge in [-0.1, -0.05) is 0 Å². The normalized spacial score (nSPS) is 17.7. The zero-order valence-electron chi connectivity index (χ0n) is 16.2. The number of nitrogens with one attached hydrogen (secondary N) is 1. The van der Waals surface area contributed by atoms with Crippen LogP contribution >= 0.6 is 0 Å². The number of nitrogens with zero attached hydrogens (tertiary/aromatic N) is 6. The first kappa shape index (κ1) is 18.5. The molecule has 1 unspecified atom stereocenters. The van der Waals surface area contributed by atoms with Gasteiger partial charge in [-0.25, -0.2) is 0 Å². The number of hydrogen-bond donors (Lipinski definition) is 1. The van der Waals surface area contributed by atoms with Crippen LogP contribution in [0.15, 0.2) is 45.4 Å². The predicted molar refractivity (Wildman–Crippen MR) is 108 cm³/mol. The van der Waals surface area contributed by atoms with Crippen molar-refractivity contribution in [3.8, 4) is 5.75 Å². The van der Waals surface area contributed by atoms with E-state index in [4.69, 9.17) is 4.74 Å². The van der Waals surface area contributed by atoms with Gasteiger partial charge in [0.05, 0.1) is 12.3 Å². The number of aliphatic imine (C=N–C) groups is 2. The summed E-state index contributed by atoms with van der Waals surface area (Å²) in [6.07, 6.45) is 1.50. The highest BCUT2D eigenvalue weighted by molar-refractivity contribution is 6.24. The van der Waals surface area contributed by atoms with Crippen LogP contribution in [-0.2, 0) is 4.79 Å². The molecule has 1 N–H and O–H groups in total. The van der Waals surface area contributed by atoms with Crippen LogP contribution in [0.1, 0.15) is 23.0 Å². The molecule has 0 radical (unpaired) electrons. The molecule has 2 aliphatic rings. The molecule has 1 atom stereocenters. The standard InChI is InChI=1S/C19H19N7O3/c1-4-29-13-7-5-12(6-8-13)17(27)21-15-9-11(2)24-26(15)19-22-16-14(18(28)23-19)10-20-25(16)3/h5-10,14H,4H2,1-3H3,(H,21,27). The highest BCUT2D eigenvalue weighted by atomic mass is 16.5. The number of amides is 2. The lowest BCUT2D eigenvalue weighted by atomic mass is 10.1. The lowest BCUT2D eigenvalue weighted by molar-refractivity contribution is -0.118. The van der Waals surface area contributed by atoms with Gasteiger partial charge in [0.2, 0.25) is 0 Å². The van der Waals surface area contributed by atoms with Gasteiger partial charge in [-0.15, -0.1) is 0 Å². The van der Waals surface area contributed by atoms with Gasteiger partial charge >= 0.3 is 0 Å². The van der Waals surface area contributed by atoms with E-state index in [1.54, 1.807) is 44.3 Å². The average Bonchev–Trinajstić information content (AvgIpc) is 3.25. The minimum absolute atomic E-state index is 0.0775. The van der Waals surface area contributed by atoms with Gasteiger partial charge in [-0.2, -0.15) is 24.9 Å². The van der Waals surface area contributed by atoms with Crippen LogP contribution in [0.5, 0.6) is 5.75 Å². The first-order valence-corrected chi connectivity index (χ1v) is 9.06. The summed E-state index contributed by atoms with van der Waals surface area (Å²) in [6, 6.07) is 8.48. The minimum Gasteiger partial charge on any atom is -0.494 e. The van der Waals surface area contributed by atoms with E-state index in [9.17, 15) is 9.59 Å². The maximum absolute atomic E-state index is 12.7. The molecule has 4 rings (SSSR count). The van der Waals surface area contributed by atoms with Crippen LogP contribution in [0, 0.1) is 12.8 Å². The van der Waals surface area contributed by atoms with E-state index in [-0.39, 0.29) is 17.8 Å². The molecular formula is C19H19N7O3. The van der Waals surface area contributed by atoms with Crippen molar-refractivity contribution in [3.63, 3.8) is 0 Å². The largest absolute Gasteiger partial charge is 0.494 e. The molecule has 10 nitrogen and oxygen atoms in total. The summed E-state index contributed by atoms with van der Waals surface area (Å²) in [7, 11) is 1.70. The molecule has 0 spiro atoms. The van der Waals surface area contributed by atoms with Gasteiger partial charge in [0.25, 0.3) is 17.8 Å². The molecule has 29 heavy (non-hydrogen) atoms.